The molecule has 2 rings (SSSR count). The van der Waals surface area contributed by atoms with Gasteiger partial charge in [0.15, 0.2) is 10.4 Å². The molecule has 2 aromatic heterocycles. The first-order valence-electron chi connectivity index (χ1n) is 6.39. The molecule has 0 saturated heterocycles. The molecule has 1 amide bonds. The van der Waals surface area contributed by atoms with Gasteiger partial charge >= 0.3 is 0 Å². The Labute approximate surface area is 117 Å². The molecule has 6 nitrogen and oxygen atoms in total. The number of aryl methyl sites for hydroxylation is 2. The Bertz CT molecular complexity index is 661. The normalized spacial score (nSPS) is 11.2. The zero-order valence-corrected chi connectivity index (χ0v) is 12.5. The molecule has 0 atom stereocenters. The van der Waals surface area contributed by atoms with Gasteiger partial charge in [-0.25, -0.2) is 0 Å². The van der Waals surface area contributed by atoms with Crippen molar-refractivity contribution < 1.29 is 4.79 Å². The molecule has 0 bridgehead atoms. The maximum atomic E-state index is 12.2. The van der Waals surface area contributed by atoms with E-state index in [1.807, 2.05) is 32.4 Å². The van der Waals surface area contributed by atoms with Crippen LogP contribution in [0.5, 0.6) is 0 Å². The predicted molar refractivity (Wildman–Crippen MR) is 76.6 cm³/mol. The first-order valence-corrected chi connectivity index (χ1v) is 6.80. The highest BCUT2D eigenvalue weighted by Crippen LogP contribution is 2.17. The van der Waals surface area contributed by atoms with Gasteiger partial charge in [-0.2, -0.15) is 5.10 Å². The molecule has 0 fully saturated rings. The molecule has 0 aliphatic rings. The van der Waals surface area contributed by atoms with Crippen LogP contribution >= 0.6 is 12.2 Å². The quantitative estimate of drug-likeness (QED) is 0.866. The van der Waals surface area contributed by atoms with E-state index in [1.165, 1.54) is 0 Å². The second-order valence-corrected chi connectivity index (χ2v) is 4.88. The molecule has 19 heavy (non-hydrogen) atoms. The molecule has 0 aliphatic carbocycles. The molecule has 1 N–H and O–H groups in total. The molecular formula is C12H19N5OS. The summed E-state index contributed by atoms with van der Waals surface area (Å²) in [6.07, 6.45) is 0. The number of carbonyl (C=O) groups excluding carboxylic acids is 1. The number of aromatic amines is 1. The molecule has 0 unspecified atom stereocenters. The number of H-pyrrole nitrogens is 1. The van der Waals surface area contributed by atoms with Crippen LogP contribution in [0.3, 0.4) is 0 Å². The molecule has 0 saturated carbocycles. The minimum absolute atomic E-state index is 0.0702. The molecule has 0 aliphatic heterocycles. The van der Waals surface area contributed by atoms with Crippen LogP contribution in [-0.4, -0.2) is 43.2 Å². The predicted octanol–water partition coefficient (Wildman–Crippen LogP) is 1.61. The van der Waals surface area contributed by atoms with E-state index in [9.17, 15) is 4.79 Å². The first-order chi connectivity index (χ1) is 8.99. The topological polar surface area (TPSA) is 58.9 Å². The SMILES string of the molecule is CCN(CC)C(=O)Cn1c(=S)[nH]c2c(C)nn(C)c21. The van der Waals surface area contributed by atoms with Crippen molar-refractivity contribution in [2.24, 2.45) is 7.05 Å². The van der Waals surface area contributed by atoms with Gasteiger partial charge in [-0.1, -0.05) is 0 Å². The third-order valence-corrected chi connectivity index (χ3v) is 3.66. The van der Waals surface area contributed by atoms with Gasteiger partial charge < -0.3 is 9.88 Å². The number of amides is 1. The molecule has 0 aromatic carbocycles. The van der Waals surface area contributed by atoms with Gasteiger partial charge in [0.1, 0.15) is 12.1 Å². The van der Waals surface area contributed by atoms with E-state index >= 15 is 0 Å². The summed E-state index contributed by atoms with van der Waals surface area (Å²) in [7, 11) is 1.86. The van der Waals surface area contributed by atoms with Crippen LogP contribution in [-0.2, 0) is 18.4 Å². The lowest BCUT2D eigenvalue weighted by molar-refractivity contribution is -0.131. The van der Waals surface area contributed by atoms with Gasteiger partial charge in [0.25, 0.3) is 0 Å². The second kappa shape index (κ2) is 5.16. The third-order valence-electron chi connectivity index (χ3n) is 3.33. The van der Waals surface area contributed by atoms with E-state index in [-0.39, 0.29) is 12.5 Å². The molecule has 0 radical (unpaired) electrons. The fourth-order valence-electron chi connectivity index (χ4n) is 2.33. The third kappa shape index (κ3) is 2.30. The minimum Gasteiger partial charge on any atom is -0.342 e. The highest BCUT2D eigenvalue weighted by atomic mass is 32.1. The van der Waals surface area contributed by atoms with E-state index < -0.39 is 0 Å². The van der Waals surface area contributed by atoms with Gasteiger partial charge in [-0.15, -0.1) is 0 Å². The number of hydrogen-bond donors (Lipinski definition) is 1. The van der Waals surface area contributed by atoms with Crippen molar-refractivity contribution in [1.29, 1.82) is 0 Å². The fourth-order valence-corrected chi connectivity index (χ4v) is 2.58. The average molecular weight is 281 g/mol. The Morgan fingerprint density at radius 2 is 2.05 bits per heavy atom. The van der Waals surface area contributed by atoms with Gasteiger partial charge in [-0.05, 0) is 33.0 Å². The first kappa shape index (κ1) is 13.8. The number of imidazole rings is 1. The van der Waals surface area contributed by atoms with Crippen LogP contribution in [0.15, 0.2) is 0 Å². The van der Waals surface area contributed by atoms with E-state index in [4.69, 9.17) is 12.2 Å². The Kier molecular flexibility index (Phi) is 3.75. The number of hydrogen-bond acceptors (Lipinski definition) is 3. The smallest absolute Gasteiger partial charge is 0.242 e. The highest BCUT2D eigenvalue weighted by Gasteiger charge is 2.17. The van der Waals surface area contributed by atoms with E-state index in [1.54, 1.807) is 9.58 Å². The summed E-state index contributed by atoms with van der Waals surface area (Å²) in [5.74, 6) is 0.0702. The van der Waals surface area contributed by atoms with Gasteiger partial charge in [0, 0.05) is 20.1 Å². The Morgan fingerprint density at radius 1 is 1.42 bits per heavy atom. The lowest BCUT2D eigenvalue weighted by Crippen LogP contribution is -2.33. The Morgan fingerprint density at radius 3 is 2.63 bits per heavy atom. The highest BCUT2D eigenvalue weighted by molar-refractivity contribution is 7.71. The summed E-state index contributed by atoms with van der Waals surface area (Å²) >= 11 is 5.30. The van der Waals surface area contributed by atoms with Crippen LogP contribution in [0.1, 0.15) is 19.5 Å². The fraction of sp³-hybridized carbons (Fsp3) is 0.583. The average Bonchev–Trinajstić information content (AvgIpc) is 2.81. The van der Waals surface area contributed by atoms with Crippen molar-refractivity contribution in [2.45, 2.75) is 27.3 Å². The zero-order chi connectivity index (χ0) is 14.2. The Hall–Kier alpha value is -1.63. The van der Waals surface area contributed by atoms with Crippen LogP contribution < -0.4 is 0 Å². The van der Waals surface area contributed by atoms with Gasteiger partial charge in [0.05, 0.1) is 5.69 Å². The molecule has 2 heterocycles. The number of likely N-dealkylation sites (N-methyl/N-ethyl adjacent to an activating group) is 1. The van der Waals surface area contributed by atoms with Gasteiger partial charge in [-0.3, -0.25) is 14.0 Å². The second-order valence-electron chi connectivity index (χ2n) is 4.49. The molecular weight excluding hydrogens is 262 g/mol. The van der Waals surface area contributed by atoms with Crippen LogP contribution in [0.4, 0.5) is 0 Å². The van der Waals surface area contributed by atoms with Crippen LogP contribution in [0.2, 0.25) is 0 Å². The van der Waals surface area contributed by atoms with Crippen molar-refractivity contribution in [1.82, 2.24) is 24.2 Å². The van der Waals surface area contributed by atoms with E-state index in [2.05, 4.69) is 10.1 Å². The number of rotatable bonds is 4. The number of nitrogens with one attached hydrogen (secondary N) is 1. The van der Waals surface area contributed by atoms with Crippen LogP contribution in [0, 0.1) is 11.7 Å². The maximum Gasteiger partial charge on any atom is 0.242 e. The van der Waals surface area contributed by atoms with E-state index in [0.717, 1.165) is 16.9 Å². The number of nitrogens with zero attached hydrogens (tertiary/aromatic N) is 4. The molecule has 2 aromatic rings. The summed E-state index contributed by atoms with van der Waals surface area (Å²) in [4.78, 5) is 17.1. The maximum absolute atomic E-state index is 12.2. The monoisotopic (exact) mass is 281 g/mol. The molecule has 7 heteroatoms. The van der Waals surface area contributed by atoms with Crippen molar-refractivity contribution in [2.75, 3.05) is 13.1 Å². The van der Waals surface area contributed by atoms with Crippen molar-refractivity contribution in [3.8, 4) is 0 Å². The number of carbonyl (C=O) groups is 1. The van der Waals surface area contributed by atoms with Crippen molar-refractivity contribution in [3.05, 3.63) is 10.5 Å². The van der Waals surface area contributed by atoms with E-state index in [0.29, 0.717) is 17.9 Å². The molecule has 0 spiro atoms. The summed E-state index contributed by atoms with van der Waals surface area (Å²) in [5.41, 5.74) is 2.65. The number of fused-ring (bicyclic) bond motifs is 1. The lowest BCUT2D eigenvalue weighted by Gasteiger charge is -2.18. The summed E-state index contributed by atoms with van der Waals surface area (Å²) in [5, 5.41) is 4.34. The largest absolute Gasteiger partial charge is 0.342 e. The number of aromatic nitrogens is 4. The summed E-state index contributed by atoms with van der Waals surface area (Å²) < 4.78 is 4.13. The van der Waals surface area contributed by atoms with Crippen molar-refractivity contribution >= 4 is 29.3 Å². The molecule has 104 valence electrons. The lowest BCUT2D eigenvalue weighted by atomic mass is 10.4. The Balaban J connectivity index is 2.43. The van der Waals surface area contributed by atoms with Crippen molar-refractivity contribution in [3.63, 3.8) is 0 Å². The standard InChI is InChI=1S/C12H19N5OS/c1-5-16(6-2)9(18)7-17-11-10(13-12(17)19)8(3)14-15(11)4/h5-7H2,1-4H3,(H,13,19). The van der Waals surface area contributed by atoms with Crippen LogP contribution in [0.25, 0.3) is 11.2 Å². The minimum atomic E-state index is 0.0702. The zero-order valence-electron chi connectivity index (χ0n) is 11.7. The summed E-state index contributed by atoms with van der Waals surface area (Å²) in [6, 6.07) is 0. The van der Waals surface area contributed by atoms with Gasteiger partial charge in [0.2, 0.25) is 5.91 Å². The summed E-state index contributed by atoms with van der Waals surface area (Å²) in [6.45, 7) is 7.54.